The van der Waals surface area contributed by atoms with Gasteiger partial charge < -0.3 is 43.0 Å². The standard InChI is InChI=1S/C44H60O16/c1-21-16-36(60-40(51)30(21)19-53-22(2)45)44(9,52)34-13-12-31-29-11-10-27-17-28(18-35(50)43(27,8)32(29)14-15-42(31,34)7)58-41-39(57-26(6)49)38(56-25(5)48)37(55-24(4)47)33(59-41)20-54-23(3)46/h10,28-29,31-34,36-39,41,52H,11-20H2,1-9H3/t28-,29+,31+,32+,33-,34+,36-,37-,38+,39-,41-,42+,43+,44-/m1/s1. The van der Waals surface area contributed by atoms with Crippen molar-refractivity contribution in [3.63, 3.8) is 0 Å². The predicted octanol–water partition coefficient (Wildman–Crippen LogP) is 4.16. The van der Waals surface area contributed by atoms with Gasteiger partial charge in [0.15, 0.2) is 24.6 Å². The van der Waals surface area contributed by atoms with Crippen LogP contribution in [0.4, 0.5) is 0 Å². The Hall–Kier alpha value is -4.15. The summed E-state index contributed by atoms with van der Waals surface area (Å²) in [6.07, 6.45) is -1.47. The van der Waals surface area contributed by atoms with Gasteiger partial charge >= 0.3 is 35.8 Å². The molecule has 2 aliphatic heterocycles. The number of hydrogen-bond donors (Lipinski definition) is 1. The Bertz CT molecular complexity index is 1830. The van der Waals surface area contributed by atoms with Crippen LogP contribution >= 0.6 is 0 Å². The molecule has 0 bridgehead atoms. The average molecular weight is 845 g/mol. The van der Waals surface area contributed by atoms with Crippen molar-refractivity contribution >= 4 is 41.6 Å². The zero-order chi connectivity index (χ0) is 44.1. The third-order valence-corrected chi connectivity index (χ3v) is 14.5. The molecule has 1 N–H and O–H groups in total. The molecule has 60 heavy (non-hydrogen) atoms. The molecule has 16 heteroatoms. The fourth-order valence-electron chi connectivity index (χ4n) is 11.7. The third kappa shape index (κ3) is 8.65. The second-order valence-electron chi connectivity index (χ2n) is 18.2. The minimum absolute atomic E-state index is 0.00332. The molecule has 0 amide bonds. The van der Waals surface area contributed by atoms with Crippen LogP contribution in [0.5, 0.6) is 0 Å². The summed E-state index contributed by atoms with van der Waals surface area (Å²) in [4.78, 5) is 87.8. The van der Waals surface area contributed by atoms with Gasteiger partial charge in [-0.1, -0.05) is 24.1 Å². The summed E-state index contributed by atoms with van der Waals surface area (Å²) in [6.45, 7) is 13.2. The van der Waals surface area contributed by atoms with Crippen molar-refractivity contribution in [1.29, 1.82) is 0 Å². The fraction of sp³-hybridized carbons (Fsp3) is 0.750. The molecule has 0 spiro atoms. The number of rotatable bonds is 11. The van der Waals surface area contributed by atoms with Gasteiger partial charge in [0.05, 0.1) is 17.1 Å². The topological polar surface area (TPSA) is 214 Å². The average Bonchev–Trinajstić information content (AvgIpc) is 3.51. The summed E-state index contributed by atoms with van der Waals surface area (Å²) in [7, 11) is 0. The lowest BCUT2D eigenvalue weighted by Gasteiger charge is -2.58. The van der Waals surface area contributed by atoms with Crippen molar-refractivity contribution in [2.75, 3.05) is 13.2 Å². The maximum Gasteiger partial charge on any atom is 0.337 e. The van der Waals surface area contributed by atoms with E-state index in [-0.39, 0.29) is 47.9 Å². The van der Waals surface area contributed by atoms with E-state index in [1.807, 2.05) is 6.92 Å². The van der Waals surface area contributed by atoms with Gasteiger partial charge in [0.1, 0.15) is 36.8 Å². The van der Waals surface area contributed by atoms with Crippen LogP contribution < -0.4 is 0 Å². The molecule has 332 valence electrons. The molecule has 4 fully saturated rings. The van der Waals surface area contributed by atoms with Crippen LogP contribution in [0.25, 0.3) is 0 Å². The quantitative estimate of drug-likeness (QED) is 0.176. The summed E-state index contributed by atoms with van der Waals surface area (Å²) >= 11 is 0. The van der Waals surface area contributed by atoms with E-state index >= 15 is 0 Å². The first-order chi connectivity index (χ1) is 28.1. The van der Waals surface area contributed by atoms with Gasteiger partial charge in [0, 0.05) is 47.5 Å². The second kappa shape index (κ2) is 17.3. The molecule has 0 aromatic rings. The molecule has 0 radical (unpaired) electrons. The lowest BCUT2D eigenvalue weighted by molar-refractivity contribution is -0.317. The number of fused-ring (bicyclic) bond motifs is 5. The number of esters is 6. The molecular formula is C44H60O16. The number of allylic oxidation sites excluding steroid dienone is 1. The van der Waals surface area contributed by atoms with Gasteiger partial charge in [-0.15, -0.1) is 0 Å². The minimum Gasteiger partial charge on any atom is -0.463 e. The highest BCUT2D eigenvalue weighted by atomic mass is 16.7. The summed E-state index contributed by atoms with van der Waals surface area (Å²) in [5.41, 5.74) is -0.417. The number of aliphatic hydroxyl groups is 1. The Morgan fingerprint density at radius 1 is 0.817 bits per heavy atom. The van der Waals surface area contributed by atoms with Crippen LogP contribution in [-0.4, -0.2) is 108 Å². The van der Waals surface area contributed by atoms with Crippen molar-refractivity contribution < 1.29 is 76.6 Å². The Kier molecular flexibility index (Phi) is 13.1. The predicted molar refractivity (Wildman–Crippen MR) is 207 cm³/mol. The number of carbonyl (C=O) groups is 7. The van der Waals surface area contributed by atoms with E-state index in [2.05, 4.69) is 13.0 Å². The van der Waals surface area contributed by atoms with Gasteiger partial charge in [-0.2, -0.15) is 0 Å². The molecule has 6 aliphatic rings. The lowest BCUT2D eigenvalue weighted by atomic mass is 9.46. The Morgan fingerprint density at radius 3 is 2.07 bits per heavy atom. The molecule has 0 unspecified atom stereocenters. The van der Waals surface area contributed by atoms with Crippen LogP contribution in [0.15, 0.2) is 22.8 Å². The molecule has 6 rings (SSSR count). The first-order valence-electron chi connectivity index (χ1n) is 21.0. The molecular weight excluding hydrogens is 784 g/mol. The van der Waals surface area contributed by atoms with E-state index in [4.69, 9.17) is 37.9 Å². The van der Waals surface area contributed by atoms with Crippen molar-refractivity contribution in [2.24, 2.45) is 34.5 Å². The maximum absolute atomic E-state index is 14.6. The van der Waals surface area contributed by atoms with Gasteiger partial charge in [-0.3, -0.25) is 28.8 Å². The fourth-order valence-corrected chi connectivity index (χ4v) is 11.7. The van der Waals surface area contributed by atoms with Crippen molar-refractivity contribution in [3.8, 4) is 0 Å². The number of carbonyl (C=O) groups excluding carboxylic acids is 7. The first-order valence-corrected chi connectivity index (χ1v) is 21.0. The molecule has 4 aliphatic carbocycles. The van der Waals surface area contributed by atoms with Crippen molar-refractivity contribution in [1.82, 2.24) is 0 Å². The summed E-state index contributed by atoms with van der Waals surface area (Å²) in [5.74, 6) is -3.73. The maximum atomic E-state index is 14.6. The second-order valence-corrected chi connectivity index (χ2v) is 18.2. The summed E-state index contributed by atoms with van der Waals surface area (Å²) in [5, 5.41) is 12.3. The first kappa shape index (κ1) is 45.4. The largest absolute Gasteiger partial charge is 0.463 e. The van der Waals surface area contributed by atoms with E-state index in [1.165, 1.54) is 13.8 Å². The Balaban J connectivity index is 1.21. The zero-order valence-electron chi connectivity index (χ0n) is 36.1. The molecule has 14 atom stereocenters. The van der Waals surface area contributed by atoms with E-state index in [0.717, 1.165) is 64.0 Å². The van der Waals surface area contributed by atoms with E-state index in [1.54, 1.807) is 13.8 Å². The Labute approximate surface area is 350 Å². The van der Waals surface area contributed by atoms with Crippen LogP contribution in [0.2, 0.25) is 0 Å². The van der Waals surface area contributed by atoms with E-state index in [0.29, 0.717) is 18.4 Å². The smallest absolute Gasteiger partial charge is 0.337 e. The van der Waals surface area contributed by atoms with E-state index < -0.39 is 96.4 Å². The lowest BCUT2D eigenvalue weighted by Crippen LogP contribution is -2.63. The van der Waals surface area contributed by atoms with Gasteiger partial charge in [0.25, 0.3) is 0 Å². The number of Topliss-reactive ketones (excluding diaryl/α,β-unsaturated/α-hetero) is 1. The molecule has 2 heterocycles. The number of cyclic esters (lactones) is 1. The van der Waals surface area contributed by atoms with Gasteiger partial charge in [0.2, 0.25) is 0 Å². The van der Waals surface area contributed by atoms with Crippen LogP contribution in [0.3, 0.4) is 0 Å². The van der Waals surface area contributed by atoms with Gasteiger partial charge in [-0.25, -0.2) is 4.79 Å². The van der Waals surface area contributed by atoms with E-state index in [9.17, 15) is 38.7 Å². The summed E-state index contributed by atoms with van der Waals surface area (Å²) < 4.78 is 45.5. The molecule has 0 aromatic heterocycles. The van der Waals surface area contributed by atoms with Crippen molar-refractivity contribution in [2.45, 2.75) is 162 Å². The molecule has 16 nitrogen and oxygen atoms in total. The minimum atomic E-state index is -1.40. The van der Waals surface area contributed by atoms with Crippen LogP contribution in [-0.2, 0) is 71.5 Å². The molecule has 1 saturated heterocycles. The molecule has 3 saturated carbocycles. The molecule has 0 aromatic carbocycles. The van der Waals surface area contributed by atoms with Gasteiger partial charge in [-0.05, 0) is 88.4 Å². The summed E-state index contributed by atoms with van der Waals surface area (Å²) in [6, 6.07) is 0. The Morgan fingerprint density at radius 2 is 1.45 bits per heavy atom. The highest BCUT2D eigenvalue weighted by Gasteiger charge is 2.65. The SMILES string of the molecule is CC(=O)OCC1=C(C)C[C@H]([C@](C)(O)[C@H]2CC[C@H]3[C@@H]4CC=C5C[C@@H](O[C@@H]6O[C@H](COC(C)=O)[C@@H](OC(C)=O)[C@H](OC(C)=O)[C@H]6OC(C)=O)CC(=O)[C@]5(C)[C@H]4CC[C@]23C)OC1=O. The van der Waals surface area contributed by atoms with Crippen LogP contribution in [0.1, 0.15) is 114 Å². The number of hydrogen-bond acceptors (Lipinski definition) is 16. The number of ether oxygens (including phenoxy) is 8. The normalized spacial score (nSPS) is 38.4. The zero-order valence-corrected chi connectivity index (χ0v) is 36.1. The third-order valence-electron chi connectivity index (χ3n) is 14.5. The number of ketones is 1. The monoisotopic (exact) mass is 844 g/mol. The highest BCUT2D eigenvalue weighted by Crippen LogP contribution is 2.67. The highest BCUT2D eigenvalue weighted by molar-refractivity contribution is 5.91. The van der Waals surface area contributed by atoms with Crippen LogP contribution in [0, 0.1) is 34.5 Å². The van der Waals surface area contributed by atoms with Crippen molar-refractivity contribution in [3.05, 3.63) is 22.8 Å².